The minimum absolute atomic E-state index is 0.141. The largest absolute Gasteiger partial charge is 0.497 e. The molecule has 1 saturated carbocycles. The van der Waals surface area contributed by atoms with Crippen LogP contribution < -0.4 is 9.47 Å². The summed E-state index contributed by atoms with van der Waals surface area (Å²) < 4.78 is 10.8. The molecule has 0 amide bonds. The molecule has 3 heteroatoms. The molecule has 3 rings (SSSR count). The molecule has 1 aliphatic carbocycles. The molecule has 19 heavy (non-hydrogen) atoms. The van der Waals surface area contributed by atoms with Gasteiger partial charge in [0.1, 0.15) is 11.5 Å². The van der Waals surface area contributed by atoms with Crippen LogP contribution in [-0.2, 0) is 6.42 Å². The molecule has 1 spiro atoms. The first kappa shape index (κ1) is 12.5. The molecule has 102 valence electrons. The Morgan fingerprint density at radius 1 is 1.05 bits per heavy atom. The molecule has 1 aromatic carbocycles. The minimum atomic E-state index is 0.141. The molecule has 1 fully saturated rings. The Morgan fingerprint density at radius 3 is 2.53 bits per heavy atom. The van der Waals surface area contributed by atoms with Crippen LogP contribution in [0.15, 0.2) is 17.1 Å². The lowest BCUT2D eigenvalue weighted by atomic mass is 9.76. The molecule has 3 nitrogen and oxygen atoms in total. The third kappa shape index (κ3) is 2.22. The van der Waals surface area contributed by atoms with Crippen molar-refractivity contribution in [1.82, 2.24) is 0 Å². The Balaban J connectivity index is 2.00. The van der Waals surface area contributed by atoms with E-state index in [0.29, 0.717) is 0 Å². The zero-order chi connectivity index (χ0) is 13.3. The van der Waals surface area contributed by atoms with Crippen LogP contribution in [0.5, 0.6) is 11.5 Å². The van der Waals surface area contributed by atoms with Gasteiger partial charge in [0.15, 0.2) is 0 Å². The fourth-order valence-electron chi connectivity index (χ4n) is 3.35. The van der Waals surface area contributed by atoms with Crippen molar-refractivity contribution in [3.05, 3.63) is 23.3 Å². The summed E-state index contributed by atoms with van der Waals surface area (Å²) in [5, 5.41) is 0. The summed E-state index contributed by atoms with van der Waals surface area (Å²) in [6, 6.07) is 4.07. The van der Waals surface area contributed by atoms with Crippen molar-refractivity contribution in [2.45, 2.75) is 44.1 Å². The third-order valence-electron chi connectivity index (χ3n) is 4.43. The van der Waals surface area contributed by atoms with E-state index in [1.165, 1.54) is 37.7 Å². The Morgan fingerprint density at radius 2 is 1.84 bits per heavy atom. The average molecular weight is 259 g/mol. The highest BCUT2D eigenvalue weighted by atomic mass is 16.5. The first-order valence-electron chi connectivity index (χ1n) is 7.06. The molecular formula is C16H21NO2. The van der Waals surface area contributed by atoms with E-state index in [-0.39, 0.29) is 5.54 Å². The zero-order valence-electron chi connectivity index (χ0n) is 11.7. The van der Waals surface area contributed by atoms with Gasteiger partial charge in [0.25, 0.3) is 0 Å². The van der Waals surface area contributed by atoms with Crippen molar-refractivity contribution in [2.24, 2.45) is 4.99 Å². The normalized spacial score (nSPS) is 20.1. The molecule has 2 aliphatic rings. The van der Waals surface area contributed by atoms with E-state index in [0.717, 1.165) is 23.5 Å². The van der Waals surface area contributed by atoms with Gasteiger partial charge in [0.05, 0.1) is 19.8 Å². The van der Waals surface area contributed by atoms with Gasteiger partial charge in [-0.15, -0.1) is 0 Å². The monoisotopic (exact) mass is 259 g/mol. The molecule has 0 N–H and O–H groups in total. The molecular weight excluding hydrogens is 238 g/mol. The third-order valence-corrected chi connectivity index (χ3v) is 4.43. The van der Waals surface area contributed by atoms with Gasteiger partial charge in [-0.2, -0.15) is 0 Å². The zero-order valence-corrected chi connectivity index (χ0v) is 11.7. The summed E-state index contributed by atoms with van der Waals surface area (Å²) in [5.74, 6) is 1.74. The Kier molecular flexibility index (Phi) is 3.21. The maximum atomic E-state index is 5.46. The number of aliphatic imine (C=N–C) groups is 1. The summed E-state index contributed by atoms with van der Waals surface area (Å²) >= 11 is 0. The Hall–Kier alpha value is -1.51. The summed E-state index contributed by atoms with van der Waals surface area (Å²) in [4.78, 5) is 4.88. The van der Waals surface area contributed by atoms with Crippen LogP contribution in [-0.4, -0.2) is 26.0 Å². The first-order chi connectivity index (χ1) is 9.26. The van der Waals surface area contributed by atoms with Crippen molar-refractivity contribution in [3.63, 3.8) is 0 Å². The number of fused-ring (bicyclic) bond motifs is 1. The number of ether oxygens (including phenoxy) is 2. The van der Waals surface area contributed by atoms with Crippen LogP contribution in [0.4, 0.5) is 0 Å². The van der Waals surface area contributed by atoms with E-state index in [2.05, 4.69) is 6.07 Å². The standard InChI is InChI=1S/C16H21NO2/c1-18-13-8-12-10-16(6-4-3-5-7-16)17-11-14(12)15(9-13)19-2/h8-9,11H,3-7,10H2,1-2H3. The van der Waals surface area contributed by atoms with Crippen molar-refractivity contribution < 1.29 is 9.47 Å². The van der Waals surface area contributed by atoms with E-state index in [4.69, 9.17) is 14.5 Å². The summed E-state index contributed by atoms with van der Waals surface area (Å²) in [7, 11) is 3.41. The highest BCUT2D eigenvalue weighted by Gasteiger charge is 2.34. The second-order valence-corrected chi connectivity index (χ2v) is 5.62. The van der Waals surface area contributed by atoms with Gasteiger partial charge >= 0.3 is 0 Å². The molecule has 0 radical (unpaired) electrons. The van der Waals surface area contributed by atoms with Crippen LogP contribution in [0, 0.1) is 0 Å². The number of methoxy groups -OCH3 is 2. The maximum Gasteiger partial charge on any atom is 0.131 e. The Labute approximate surface area is 114 Å². The summed E-state index contributed by atoms with van der Waals surface area (Å²) in [6.07, 6.45) is 9.41. The Bertz CT molecular complexity index is 502. The molecule has 0 aromatic heterocycles. The van der Waals surface area contributed by atoms with Gasteiger partial charge in [-0.05, 0) is 30.9 Å². The minimum Gasteiger partial charge on any atom is -0.497 e. The SMILES string of the molecule is COc1cc2c(c(OC)c1)C=NC1(CCCCC1)C2. The number of nitrogens with zero attached hydrogens (tertiary/aromatic N) is 1. The lowest BCUT2D eigenvalue weighted by molar-refractivity contribution is 0.294. The van der Waals surface area contributed by atoms with Gasteiger partial charge < -0.3 is 9.47 Å². The molecule has 0 unspecified atom stereocenters. The van der Waals surface area contributed by atoms with Gasteiger partial charge in [-0.1, -0.05) is 19.3 Å². The van der Waals surface area contributed by atoms with Crippen molar-refractivity contribution in [1.29, 1.82) is 0 Å². The highest BCUT2D eigenvalue weighted by molar-refractivity contribution is 5.88. The number of hydrogen-bond donors (Lipinski definition) is 0. The lowest BCUT2D eigenvalue weighted by Gasteiger charge is -2.36. The molecule has 0 bridgehead atoms. The summed E-state index contributed by atoms with van der Waals surface area (Å²) in [6.45, 7) is 0. The predicted molar refractivity (Wildman–Crippen MR) is 76.7 cm³/mol. The van der Waals surface area contributed by atoms with Crippen molar-refractivity contribution in [2.75, 3.05) is 14.2 Å². The quantitative estimate of drug-likeness (QED) is 0.815. The highest BCUT2D eigenvalue weighted by Crippen LogP contribution is 2.40. The fourth-order valence-corrected chi connectivity index (χ4v) is 3.35. The van der Waals surface area contributed by atoms with Crippen LogP contribution >= 0.6 is 0 Å². The predicted octanol–water partition coefficient (Wildman–Crippen LogP) is 3.38. The molecule has 0 saturated heterocycles. The van der Waals surface area contributed by atoms with Gasteiger partial charge in [-0.25, -0.2) is 0 Å². The topological polar surface area (TPSA) is 30.8 Å². The lowest BCUT2D eigenvalue weighted by Crippen LogP contribution is -2.35. The van der Waals surface area contributed by atoms with Crippen LogP contribution in [0.1, 0.15) is 43.2 Å². The van der Waals surface area contributed by atoms with E-state index in [9.17, 15) is 0 Å². The van der Waals surface area contributed by atoms with Crippen LogP contribution in [0.2, 0.25) is 0 Å². The average Bonchev–Trinajstić information content (AvgIpc) is 2.46. The van der Waals surface area contributed by atoms with Gasteiger partial charge in [0.2, 0.25) is 0 Å². The van der Waals surface area contributed by atoms with E-state index in [1.54, 1.807) is 14.2 Å². The molecule has 0 atom stereocenters. The van der Waals surface area contributed by atoms with Gasteiger partial charge in [-0.3, -0.25) is 4.99 Å². The fraction of sp³-hybridized carbons (Fsp3) is 0.562. The first-order valence-corrected chi connectivity index (χ1v) is 7.06. The smallest absolute Gasteiger partial charge is 0.131 e. The number of hydrogen-bond acceptors (Lipinski definition) is 3. The van der Waals surface area contributed by atoms with Gasteiger partial charge in [0, 0.05) is 17.8 Å². The van der Waals surface area contributed by atoms with Crippen LogP contribution in [0.3, 0.4) is 0 Å². The molecule has 1 heterocycles. The molecule has 1 aromatic rings. The molecule has 1 aliphatic heterocycles. The number of benzene rings is 1. The second-order valence-electron chi connectivity index (χ2n) is 5.62. The van der Waals surface area contributed by atoms with Crippen molar-refractivity contribution >= 4 is 6.21 Å². The van der Waals surface area contributed by atoms with E-state index in [1.807, 2.05) is 12.3 Å². The van der Waals surface area contributed by atoms with E-state index < -0.39 is 0 Å². The van der Waals surface area contributed by atoms with Crippen molar-refractivity contribution in [3.8, 4) is 11.5 Å². The van der Waals surface area contributed by atoms with E-state index >= 15 is 0 Å². The van der Waals surface area contributed by atoms with Crippen LogP contribution in [0.25, 0.3) is 0 Å². The second kappa shape index (κ2) is 4.87. The maximum absolute atomic E-state index is 5.46. The summed E-state index contributed by atoms with van der Waals surface area (Å²) in [5.41, 5.74) is 2.58. The number of rotatable bonds is 2.